The molecule has 5 nitrogen and oxygen atoms in total. The van der Waals surface area contributed by atoms with Gasteiger partial charge in [0.05, 0.1) is 19.9 Å². The smallest absolute Gasteiger partial charge is 0.259 e. The Morgan fingerprint density at radius 2 is 1.70 bits per heavy atom. The summed E-state index contributed by atoms with van der Waals surface area (Å²) in [6, 6.07) is 21.1. The molecule has 3 aromatic rings. The van der Waals surface area contributed by atoms with Crippen LogP contribution < -0.4 is 15.5 Å². The number of amides is 1. The molecule has 30 heavy (non-hydrogen) atoms. The second-order valence-corrected chi connectivity index (χ2v) is 9.00. The van der Waals surface area contributed by atoms with Crippen LogP contribution in [0.3, 0.4) is 0 Å². The molecule has 2 N–H and O–H groups in total. The molecule has 0 saturated heterocycles. The van der Waals surface area contributed by atoms with E-state index in [1.807, 2.05) is 54.6 Å². The molecule has 0 aliphatic rings. The van der Waals surface area contributed by atoms with Gasteiger partial charge in [0.15, 0.2) is 0 Å². The zero-order valence-corrected chi connectivity index (χ0v) is 20.8. The van der Waals surface area contributed by atoms with E-state index in [9.17, 15) is 4.79 Å². The summed E-state index contributed by atoms with van der Waals surface area (Å²) >= 11 is 10.3. The lowest BCUT2D eigenvalue weighted by Gasteiger charge is -2.11. The lowest BCUT2D eigenvalue weighted by atomic mass is 10.2. The van der Waals surface area contributed by atoms with E-state index in [1.165, 1.54) is 0 Å². The normalized spacial score (nSPS) is 10.8. The number of rotatable bonds is 8. The van der Waals surface area contributed by atoms with E-state index in [2.05, 4.69) is 61.0 Å². The van der Waals surface area contributed by atoms with Gasteiger partial charge in [-0.3, -0.25) is 4.79 Å². The van der Waals surface area contributed by atoms with Crippen molar-refractivity contribution in [1.29, 1.82) is 0 Å². The Morgan fingerprint density at radius 3 is 2.37 bits per heavy atom. The van der Waals surface area contributed by atoms with E-state index in [4.69, 9.17) is 16.3 Å². The summed E-state index contributed by atoms with van der Waals surface area (Å²) in [6.45, 7) is 0.622. The highest BCUT2D eigenvalue weighted by Crippen LogP contribution is 2.29. The Kier molecular flexibility index (Phi) is 8.76. The molecule has 154 valence electrons. The average molecular weight is 646 g/mol. The number of carbonyl (C=O) groups excluding carboxylic acids is 1. The minimum atomic E-state index is -0.242. The summed E-state index contributed by atoms with van der Waals surface area (Å²) in [5.41, 5.74) is 5.32. The van der Waals surface area contributed by atoms with E-state index >= 15 is 0 Å². The van der Waals surface area contributed by atoms with E-state index < -0.39 is 0 Å². The van der Waals surface area contributed by atoms with Crippen LogP contribution in [0, 0.1) is 7.14 Å². The van der Waals surface area contributed by atoms with E-state index in [0.717, 1.165) is 29.7 Å². The molecule has 3 aromatic carbocycles. The number of hydrogen-bond donors (Lipinski definition) is 2. The molecular formula is C22H18ClI2N3O2. The van der Waals surface area contributed by atoms with Crippen molar-refractivity contribution in [3.63, 3.8) is 0 Å². The fraction of sp³-hybridized carbons (Fsp3) is 0.0909. The van der Waals surface area contributed by atoms with Crippen LogP contribution in [0.1, 0.15) is 11.1 Å². The highest BCUT2D eigenvalue weighted by atomic mass is 127. The van der Waals surface area contributed by atoms with Crippen molar-refractivity contribution >= 4 is 74.6 Å². The van der Waals surface area contributed by atoms with Crippen LogP contribution in [0.5, 0.6) is 5.75 Å². The van der Waals surface area contributed by atoms with Gasteiger partial charge in [0.2, 0.25) is 0 Å². The second kappa shape index (κ2) is 11.5. The van der Waals surface area contributed by atoms with Crippen molar-refractivity contribution < 1.29 is 9.53 Å². The number of carbonyl (C=O) groups is 1. The topological polar surface area (TPSA) is 62.7 Å². The summed E-state index contributed by atoms with van der Waals surface area (Å²) in [5, 5.41) is 7.70. The quantitative estimate of drug-likeness (QED) is 0.188. The van der Waals surface area contributed by atoms with Gasteiger partial charge in [0.1, 0.15) is 12.4 Å². The van der Waals surface area contributed by atoms with Gasteiger partial charge in [-0.1, -0.05) is 41.9 Å². The molecule has 0 saturated carbocycles. The van der Waals surface area contributed by atoms with E-state index in [0.29, 0.717) is 11.6 Å². The molecule has 1 amide bonds. The Balaban J connectivity index is 1.52. The zero-order valence-electron chi connectivity index (χ0n) is 15.7. The number of ether oxygens (including phenoxy) is 1. The molecule has 0 aliphatic heterocycles. The first-order valence-corrected chi connectivity index (χ1v) is 11.5. The first kappa shape index (κ1) is 22.8. The second-order valence-electron chi connectivity index (χ2n) is 6.24. The maximum Gasteiger partial charge on any atom is 0.259 e. The molecule has 0 fully saturated rings. The Labute approximate surface area is 207 Å². The number of benzene rings is 3. The summed E-state index contributed by atoms with van der Waals surface area (Å²) < 4.78 is 7.95. The molecule has 0 bridgehead atoms. The molecule has 0 aromatic heterocycles. The van der Waals surface area contributed by atoms with Crippen molar-refractivity contribution in [2.45, 2.75) is 6.61 Å². The Hall–Kier alpha value is -1.85. The third-order valence-electron chi connectivity index (χ3n) is 3.95. The zero-order chi connectivity index (χ0) is 21.3. The van der Waals surface area contributed by atoms with Crippen molar-refractivity contribution in [2.24, 2.45) is 5.10 Å². The minimum absolute atomic E-state index is 0.111. The van der Waals surface area contributed by atoms with Crippen molar-refractivity contribution in [3.8, 4) is 5.75 Å². The average Bonchev–Trinajstić information content (AvgIpc) is 2.73. The highest BCUT2D eigenvalue weighted by Gasteiger charge is 2.09. The molecule has 0 atom stereocenters. The van der Waals surface area contributed by atoms with Gasteiger partial charge in [0, 0.05) is 10.7 Å². The third-order valence-corrected chi connectivity index (χ3v) is 5.80. The lowest BCUT2D eigenvalue weighted by Crippen LogP contribution is -2.25. The number of nitrogens with one attached hydrogen (secondary N) is 2. The van der Waals surface area contributed by atoms with Crippen molar-refractivity contribution in [3.05, 3.63) is 90.0 Å². The van der Waals surface area contributed by atoms with Gasteiger partial charge in [0.25, 0.3) is 5.91 Å². The molecule has 8 heteroatoms. The van der Waals surface area contributed by atoms with Crippen LogP contribution in [0.25, 0.3) is 0 Å². The van der Waals surface area contributed by atoms with Crippen LogP contribution >= 0.6 is 56.8 Å². The standard InChI is InChI=1S/C22H18ClI2N3O2/c23-17-6-8-18(9-7-17)26-13-21(29)28-27-12-16-10-19(24)22(20(25)11-16)30-14-15-4-2-1-3-5-15/h1-12,26H,13-14H2,(H,28,29)/b27-12-. The van der Waals surface area contributed by atoms with E-state index in [-0.39, 0.29) is 12.5 Å². The summed E-state index contributed by atoms with van der Waals surface area (Å²) in [7, 11) is 0. The number of anilines is 1. The maximum atomic E-state index is 11.9. The first-order valence-electron chi connectivity index (χ1n) is 8.98. The summed E-state index contributed by atoms with van der Waals surface area (Å²) in [5.74, 6) is 0.599. The molecular weight excluding hydrogens is 628 g/mol. The first-order chi connectivity index (χ1) is 14.5. The number of hydrazone groups is 1. The monoisotopic (exact) mass is 645 g/mol. The summed E-state index contributed by atoms with van der Waals surface area (Å²) in [4.78, 5) is 11.9. The largest absolute Gasteiger partial charge is 0.487 e. The van der Waals surface area contributed by atoms with Crippen LogP contribution in [-0.2, 0) is 11.4 Å². The van der Waals surface area contributed by atoms with Gasteiger partial charge in [-0.05, 0) is 92.7 Å². The summed E-state index contributed by atoms with van der Waals surface area (Å²) in [6.07, 6.45) is 1.62. The maximum absolute atomic E-state index is 11.9. The van der Waals surface area contributed by atoms with Crippen LogP contribution in [0.15, 0.2) is 71.8 Å². The molecule has 0 spiro atoms. The molecule has 0 heterocycles. The fourth-order valence-electron chi connectivity index (χ4n) is 2.49. The van der Waals surface area contributed by atoms with Gasteiger partial charge in [-0.15, -0.1) is 0 Å². The van der Waals surface area contributed by atoms with E-state index in [1.54, 1.807) is 18.3 Å². The van der Waals surface area contributed by atoms with Crippen molar-refractivity contribution in [1.82, 2.24) is 5.43 Å². The predicted molar refractivity (Wildman–Crippen MR) is 138 cm³/mol. The van der Waals surface area contributed by atoms with Crippen LogP contribution in [0.4, 0.5) is 5.69 Å². The third kappa shape index (κ3) is 7.13. The minimum Gasteiger partial charge on any atom is -0.487 e. The fourth-order valence-corrected chi connectivity index (χ4v) is 4.74. The van der Waals surface area contributed by atoms with Crippen LogP contribution in [0.2, 0.25) is 5.02 Å². The molecule has 0 aliphatic carbocycles. The van der Waals surface area contributed by atoms with Gasteiger partial charge in [-0.2, -0.15) is 5.10 Å². The lowest BCUT2D eigenvalue weighted by molar-refractivity contribution is -0.119. The van der Waals surface area contributed by atoms with Crippen LogP contribution in [-0.4, -0.2) is 18.7 Å². The number of hydrogen-bond acceptors (Lipinski definition) is 4. The molecule has 0 radical (unpaired) electrons. The molecule has 0 unspecified atom stereocenters. The Morgan fingerprint density at radius 1 is 1.03 bits per heavy atom. The molecule has 3 rings (SSSR count). The SMILES string of the molecule is O=C(CNc1ccc(Cl)cc1)N/N=C\c1cc(I)c(OCc2ccccc2)c(I)c1. The van der Waals surface area contributed by atoms with Gasteiger partial charge in [-0.25, -0.2) is 5.43 Å². The number of halogens is 3. The highest BCUT2D eigenvalue weighted by molar-refractivity contribution is 14.1. The predicted octanol–water partition coefficient (Wildman–Crippen LogP) is 5.69. The Bertz CT molecular complexity index is 1010. The number of nitrogens with zero attached hydrogens (tertiary/aromatic N) is 1. The van der Waals surface area contributed by atoms with Gasteiger partial charge < -0.3 is 10.1 Å². The van der Waals surface area contributed by atoms with Crippen molar-refractivity contribution in [2.75, 3.05) is 11.9 Å². The van der Waals surface area contributed by atoms with Gasteiger partial charge >= 0.3 is 0 Å².